The molecule has 0 aliphatic heterocycles. The molecule has 0 aliphatic carbocycles. The van der Waals surface area contributed by atoms with Gasteiger partial charge in [0.15, 0.2) is 0 Å². The Morgan fingerprint density at radius 3 is 2.80 bits per heavy atom. The number of aryl methyl sites for hydroxylation is 1. The van der Waals surface area contributed by atoms with E-state index in [0.717, 1.165) is 27.0 Å². The highest BCUT2D eigenvalue weighted by atomic mass is 79.9. The van der Waals surface area contributed by atoms with Crippen LogP contribution in [0.4, 0.5) is 5.69 Å². The Bertz CT molecular complexity index is 632. The topological polar surface area (TPSA) is 41.5 Å². The number of phenols is 1. The molecule has 0 aromatic heterocycles. The smallest absolute Gasteiger partial charge is 0.143 e. The lowest BCUT2D eigenvalue weighted by atomic mass is 10.1. The van der Waals surface area contributed by atoms with Crippen LogP contribution in [-0.2, 0) is 6.54 Å². The van der Waals surface area contributed by atoms with E-state index in [1.165, 1.54) is 0 Å². The van der Waals surface area contributed by atoms with Crippen molar-refractivity contribution in [2.45, 2.75) is 13.5 Å². The minimum atomic E-state index is 0.107. The van der Waals surface area contributed by atoms with Crippen LogP contribution in [0.15, 0.2) is 34.8 Å². The van der Waals surface area contributed by atoms with Crippen molar-refractivity contribution in [3.63, 3.8) is 0 Å². The average Bonchev–Trinajstić information content (AvgIpc) is 2.41. The van der Waals surface area contributed by atoms with E-state index < -0.39 is 0 Å². The van der Waals surface area contributed by atoms with E-state index in [2.05, 4.69) is 21.2 Å². The summed E-state index contributed by atoms with van der Waals surface area (Å²) in [6.45, 7) is 2.46. The fraction of sp³-hybridized carbons (Fsp3) is 0.200. The van der Waals surface area contributed by atoms with Crippen molar-refractivity contribution in [2.24, 2.45) is 0 Å². The monoisotopic (exact) mass is 355 g/mol. The lowest BCUT2D eigenvalue weighted by Crippen LogP contribution is -2.03. The normalized spacial score (nSPS) is 10.4. The molecule has 0 fully saturated rings. The predicted octanol–water partition coefficient (Wildman–Crippen LogP) is 4.74. The summed E-state index contributed by atoms with van der Waals surface area (Å²) in [4.78, 5) is 0. The first kappa shape index (κ1) is 15.0. The molecular weight excluding hydrogens is 342 g/mol. The van der Waals surface area contributed by atoms with Crippen molar-refractivity contribution in [2.75, 3.05) is 12.4 Å². The summed E-state index contributed by atoms with van der Waals surface area (Å²) in [5.41, 5.74) is 2.69. The van der Waals surface area contributed by atoms with Crippen LogP contribution in [0.2, 0.25) is 5.02 Å². The van der Waals surface area contributed by atoms with Gasteiger partial charge in [-0.3, -0.25) is 0 Å². The molecule has 2 aromatic carbocycles. The lowest BCUT2D eigenvalue weighted by molar-refractivity contribution is 0.415. The number of para-hydroxylation sites is 1. The number of anilines is 1. The maximum absolute atomic E-state index is 9.90. The van der Waals surface area contributed by atoms with E-state index in [9.17, 15) is 5.11 Å². The number of aromatic hydroxyl groups is 1. The van der Waals surface area contributed by atoms with Gasteiger partial charge in [-0.25, -0.2) is 0 Å². The van der Waals surface area contributed by atoms with Crippen LogP contribution >= 0.6 is 27.5 Å². The van der Waals surface area contributed by atoms with Gasteiger partial charge >= 0.3 is 0 Å². The highest BCUT2D eigenvalue weighted by Crippen LogP contribution is 2.33. The van der Waals surface area contributed by atoms with Crippen LogP contribution in [0, 0.1) is 6.92 Å². The molecule has 0 spiro atoms. The maximum Gasteiger partial charge on any atom is 0.143 e. The Balaban J connectivity index is 2.25. The molecule has 0 heterocycles. The first-order chi connectivity index (χ1) is 9.52. The summed E-state index contributed by atoms with van der Waals surface area (Å²) >= 11 is 9.34. The molecule has 0 saturated carbocycles. The zero-order chi connectivity index (χ0) is 14.7. The molecule has 0 bridgehead atoms. The highest BCUT2D eigenvalue weighted by molar-refractivity contribution is 9.10. The van der Waals surface area contributed by atoms with Gasteiger partial charge in [0, 0.05) is 16.6 Å². The van der Waals surface area contributed by atoms with Gasteiger partial charge in [-0.05, 0) is 30.7 Å². The molecule has 3 nitrogen and oxygen atoms in total. The van der Waals surface area contributed by atoms with Gasteiger partial charge in [0.25, 0.3) is 0 Å². The third kappa shape index (κ3) is 3.19. The Labute approximate surface area is 131 Å². The molecule has 106 valence electrons. The Kier molecular flexibility index (Phi) is 4.78. The van der Waals surface area contributed by atoms with E-state index in [1.807, 2.05) is 31.2 Å². The quantitative estimate of drug-likeness (QED) is 0.831. The molecule has 2 aromatic rings. The van der Waals surface area contributed by atoms with Crippen molar-refractivity contribution < 1.29 is 9.84 Å². The van der Waals surface area contributed by atoms with Crippen molar-refractivity contribution >= 4 is 33.2 Å². The van der Waals surface area contributed by atoms with E-state index in [-0.39, 0.29) is 5.75 Å². The van der Waals surface area contributed by atoms with Gasteiger partial charge < -0.3 is 15.2 Å². The summed E-state index contributed by atoms with van der Waals surface area (Å²) in [7, 11) is 1.63. The van der Waals surface area contributed by atoms with E-state index in [4.69, 9.17) is 16.3 Å². The van der Waals surface area contributed by atoms with Crippen LogP contribution in [0.25, 0.3) is 0 Å². The number of halogens is 2. The molecule has 0 saturated heterocycles. The molecule has 0 atom stereocenters. The average molecular weight is 357 g/mol. The van der Waals surface area contributed by atoms with E-state index >= 15 is 0 Å². The van der Waals surface area contributed by atoms with Gasteiger partial charge in [0.1, 0.15) is 11.5 Å². The Morgan fingerprint density at radius 1 is 1.35 bits per heavy atom. The van der Waals surface area contributed by atoms with Crippen LogP contribution in [0.1, 0.15) is 11.1 Å². The molecule has 2 rings (SSSR count). The molecule has 5 heteroatoms. The van der Waals surface area contributed by atoms with Gasteiger partial charge in [-0.1, -0.05) is 39.7 Å². The third-order valence-corrected chi connectivity index (χ3v) is 3.77. The number of rotatable bonds is 4. The molecule has 20 heavy (non-hydrogen) atoms. The summed E-state index contributed by atoms with van der Waals surface area (Å²) in [6.07, 6.45) is 0. The Hall–Kier alpha value is -1.39. The molecule has 2 N–H and O–H groups in total. The maximum atomic E-state index is 9.90. The standard InChI is InChI=1S/C15H15BrClNO2/c1-9-6-11(16)7-13(20-2)14(9)18-8-10-4-3-5-12(17)15(10)19/h3-7,18-19H,8H2,1-2H3. The second-order valence-corrected chi connectivity index (χ2v) is 5.72. The van der Waals surface area contributed by atoms with Crippen molar-refractivity contribution in [1.82, 2.24) is 0 Å². The van der Waals surface area contributed by atoms with Crippen LogP contribution < -0.4 is 10.1 Å². The minimum absolute atomic E-state index is 0.107. The van der Waals surface area contributed by atoms with Crippen molar-refractivity contribution in [3.05, 3.63) is 51.0 Å². The van der Waals surface area contributed by atoms with Crippen molar-refractivity contribution in [3.8, 4) is 11.5 Å². The molecule has 0 aliphatic rings. The number of ether oxygens (including phenoxy) is 1. The summed E-state index contributed by atoms with van der Waals surface area (Å²) in [5.74, 6) is 0.855. The highest BCUT2D eigenvalue weighted by Gasteiger charge is 2.10. The summed E-state index contributed by atoms with van der Waals surface area (Å²) in [6, 6.07) is 9.20. The first-order valence-electron chi connectivity index (χ1n) is 6.07. The minimum Gasteiger partial charge on any atom is -0.506 e. The Morgan fingerprint density at radius 2 is 2.10 bits per heavy atom. The van der Waals surface area contributed by atoms with Gasteiger partial charge in [0.05, 0.1) is 17.8 Å². The second-order valence-electron chi connectivity index (χ2n) is 4.40. The zero-order valence-electron chi connectivity index (χ0n) is 11.2. The molecule has 0 amide bonds. The van der Waals surface area contributed by atoms with E-state index in [1.54, 1.807) is 13.2 Å². The first-order valence-corrected chi connectivity index (χ1v) is 7.24. The number of benzene rings is 2. The van der Waals surface area contributed by atoms with Crippen LogP contribution in [0.5, 0.6) is 11.5 Å². The number of methoxy groups -OCH3 is 1. The number of hydrogen-bond donors (Lipinski definition) is 2. The zero-order valence-corrected chi connectivity index (χ0v) is 13.5. The van der Waals surface area contributed by atoms with Crippen molar-refractivity contribution in [1.29, 1.82) is 0 Å². The fourth-order valence-electron chi connectivity index (χ4n) is 1.99. The number of hydrogen-bond acceptors (Lipinski definition) is 3. The second kappa shape index (κ2) is 6.37. The summed E-state index contributed by atoms with van der Waals surface area (Å²) < 4.78 is 6.33. The molecular formula is C15H15BrClNO2. The third-order valence-electron chi connectivity index (χ3n) is 3.01. The van der Waals surface area contributed by atoms with Crippen LogP contribution in [0.3, 0.4) is 0 Å². The van der Waals surface area contributed by atoms with Crippen LogP contribution in [-0.4, -0.2) is 12.2 Å². The van der Waals surface area contributed by atoms with E-state index in [0.29, 0.717) is 11.6 Å². The van der Waals surface area contributed by atoms with Gasteiger partial charge in [-0.15, -0.1) is 0 Å². The number of nitrogens with one attached hydrogen (secondary N) is 1. The lowest BCUT2D eigenvalue weighted by Gasteiger charge is -2.15. The molecule has 0 radical (unpaired) electrons. The predicted molar refractivity (Wildman–Crippen MR) is 85.9 cm³/mol. The number of phenolic OH excluding ortho intramolecular Hbond substituents is 1. The van der Waals surface area contributed by atoms with Gasteiger partial charge in [0.2, 0.25) is 0 Å². The summed E-state index contributed by atoms with van der Waals surface area (Å²) in [5, 5.41) is 13.5. The van der Waals surface area contributed by atoms with Gasteiger partial charge in [-0.2, -0.15) is 0 Å². The SMILES string of the molecule is COc1cc(Br)cc(C)c1NCc1cccc(Cl)c1O. The fourth-order valence-corrected chi connectivity index (χ4v) is 2.73. The largest absolute Gasteiger partial charge is 0.506 e. The molecule has 0 unspecified atom stereocenters.